The summed E-state index contributed by atoms with van der Waals surface area (Å²) in [4.78, 5) is 0. The number of aliphatic hydroxyl groups is 1. The second kappa shape index (κ2) is 8.11. The van der Waals surface area contributed by atoms with Gasteiger partial charge < -0.3 is 9.53 Å². The summed E-state index contributed by atoms with van der Waals surface area (Å²) in [6, 6.07) is 10.4. The maximum absolute atomic E-state index is 11.1. The van der Waals surface area contributed by atoms with Crippen molar-refractivity contribution in [1.29, 1.82) is 0 Å². The van der Waals surface area contributed by atoms with Crippen molar-refractivity contribution in [2.45, 2.75) is 77.7 Å². The second-order valence-corrected chi connectivity index (χ2v) is 10.3. The van der Waals surface area contributed by atoms with Crippen LogP contribution in [0.2, 0.25) is 6.55 Å². The van der Waals surface area contributed by atoms with Gasteiger partial charge in [0.1, 0.15) is 0 Å². The first-order valence-corrected chi connectivity index (χ1v) is 10.8. The molecule has 3 unspecified atom stereocenters. The zero-order valence-corrected chi connectivity index (χ0v) is 15.4. The summed E-state index contributed by atoms with van der Waals surface area (Å²) in [6.07, 6.45) is 5.19. The molecule has 1 rings (SSSR count). The Hall–Kier alpha value is -0.643. The third-order valence-corrected chi connectivity index (χ3v) is 9.10. The first-order chi connectivity index (χ1) is 9.91. The minimum Gasteiger partial charge on any atom is -0.407 e. The van der Waals surface area contributed by atoms with Gasteiger partial charge in [-0.1, -0.05) is 63.9 Å². The van der Waals surface area contributed by atoms with Crippen molar-refractivity contribution in [3.63, 3.8) is 0 Å². The van der Waals surface area contributed by atoms with Crippen molar-refractivity contribution in [2.24, 2.45) is 0 Å². The zero-order chi connectivity index (χ0) is 15.9. The second-order valence-electron chi connectivity index (χ2n) is 6.36. The van der Waals surface area contributed by atoms with Crippen molar-refractivity contribution in [3.05, 3.63) is 30.3 Å². The number of hydrogen-bond donors (Lipinski definition) is 1. The molecule has 0 bridgehead atoms. The quantitative estimate of drug-likeness (QED) is 0.694. The van der Waals surface area contributed by atoms with Gasteiger partial charge in [0.15, 0.2) is 0 Å². The van der Waals surface area contributed by atoms with Gasteiger partial charge in [-0.25, -0.2) is 0 Å². The van der Waals surface area contributed by atoms with Gasteiger partial charge in [0.05, 0.1) is 5.22 Å². The Kier molecular flexibility index (Phi) is 7.11. The van der Waals surface area contributed by atoms with E-state index in [1.807, 2.05) is 25.1 Å². The molecule has 1 aromatic rings. The smallest absolute Gasteiger partial charge is 0.252 e. The summed E-state index contributed by atoms with van der Waals surface area (Å²) in [5.41, 5.74) is 0. The van der Waals surface area contributed by atoms with Gasteiger partial charge in [-0.05, 0) is 37.9 Å². The molecule has 0 amide bonds. The van der Waals surface area contributed by atoms with Crippen molar-refractivity contribution in [2.75, 3.05) is 0 Å². The molecule has 3 heteroatoms. The molecule has 0 heterocycles. The van der Waals surface area contributed by atoms with Crippen LogP contribution in [0.4, 0.5) is 0 Å². The standard InChI is InChI=1S/C18H32O2Si/c1-6-12-16(8-3)20-21(5,18(4,19)15-7-2)17-13-10-9-11-14-17/h9-11,13-14,16,19H,6-8,12,15H2,1-5H3. The summed E-state index contributed by atoms with van der Waals surface area (Å²) in [5, 5.41) is 11.6. The number of hydrogen-bond acceptors (Lipinski definition) is 2. The van der Waals surface area contributed by atoms with Crippen molar-refractivity contribution < 1.29 is 9.53 Å². The van der Waals surface area contributed by atoms with Crippen LogP contribution < -0.4 is 5.19 Å². The van der Waals surface area contributed by atoms with Crippen LogP contribution in [0.1, 0.15) is 59.8 Å². The summed E-state index contributed by atoms with van der Waals surface area (Å²) in [7, 11) is -2.44. The summed E-state index contributed by atoms with van der Waals surface area (Å²) >= 11 is 0. The molecule has 2 nitrogen and oxygen atoms in total. The largest absolute Gasteiger partial charge is 0.407 e. The average Bonchev–Trinajstić information content (AvgIpc) is 2.47. The zero-order valence-electron chi connectivity index (χ0n) is 14.4. The van der Waals surface area contributed by atoms with Crippen LogP contribution in [0.25, 0.3) is 0 Å². The third-order valence-electron chi connectivity index (χ3n) is 4.56. The molecule has 3 atom stereocenters. The molecule has 0 aromatic heterocycles. The Bertz CT molecular complexity index is 405. The number of rotatable bonds is 9. The molecule has 1 N–H and O–H groups in total. The van der Waals surface area contributed by atoms with Gasteiger partial charge in [0.2, 0.25) is 0 Å². The highest BCUT2D eigenvalue weighted by atomic mass is 28.4. The Morgan fingerprint density at radius 1 is 1.14 bits per heavy atom. The lowest BCUT2D eigenvalue weighted by molar-refractivity contribution is 0.0747. The lowest BCUT2D eigenvalue weighted by Crippen LogP contribution is -2.66. The molecule has 0 fully saturated rings. The fraction of sp³-hybridized carbons (Fsp3) is 0.667. The van der Waals surface area contributed by atoms with Gasteiger partial charge in [-0.15, -0.1) is 0 Å². The highest BCUT2D eigenvalue weighted by molar-refractivity contribution is 6.87. The lowest BCUT2D eigenvalue weighted by atomic mass is 10.2. The van der Waals surface area contributed by atoms with Crippen LogP contribution in [-0.4, -0.2) is 24.8 Å². The van der Waals surface area contributed by atoms with E-state index in [1.54, 1.807) is 0 Å². The van der Waals surface area contributed by atoms with E-state index >= 15 is 0 Å². The minimum absolute atomic E-state index is 0.246. The van der Waals surface area contributed by atoms with Gasteiger partial charge in [0.25, 0.3) is 8.32 Å². The molecule has 0 aliphatic rings. The first kappa shape index (κ1) is 18.4. The maximum atomic E-state index is 11.1. The Morgan fingerprint density at radius 2 is 1.76 bits per heavy atom. The monoisotopic (exact) mass is 308 g/mol. The van der Waals surface area contributed by atoms with Crippen LogP contribution in [0.5, 0.6) is 0 Å². The molecule has 0 saturated heterocycles. The molecule has 120 valence electrons. The third kappa shape index (κ3) is 4.41. The Morgan fingerprint density at radius 3 is 2.24 bits per heavy atom. The van der Waals surface area contributed by atoms with Crippen molar-refractivity contribution in [3.8, 4) is 0 Å². The van der Waals surface area contributed by atoms with Gasteiger partial charge in [-0.3, -0.25) is 0 Å². The summed E-state index contributed by atoms with van der Waals surface area (Å²) in [5.74, 6) is 0. The first-order valence-electron chi connectivity index (χ1n) is 8.37. The lowest BCUT2D eigenvalue weighted by Gasteiger charge is -2.43. The highest BCUT2D eigenvalue weighted by Crippen LogP contribution is 2.29. The van der Waals surface area contributed by atoms with E-state index < -0.39 is 13.5 Å². The molecular formula is C18H32O2Si. The van der Waals surface area contributed by atoms with E-state index in [9.17, 15) is 5.11 Å². The highest BCUT2D eigenvalue weighted by Gasteiger charge is 2.49. The molecule has 21 heavy (non-hydrogen) atoms. The fourth-order valence-electron chi connectivity index (χ4n) is 2.99. The van der Waals surface area contributed by atoms with Gasteiger partial charge in [-0.2, -0.15) is 0 Å². The van der Waals surface area contributed by atoms with Crippen molar-refractivity contribution in [1.82, 2.24) is 0 Å². The molecule has 0 saturated carbocycles. The molecule has 0 aliphatic heterocycles. The van der Waals surface area contributed by atoms with Crippen LogP contribution >= 0.6 is 0 Å². The fourth-order valence-corrected chi connectivity index (χ4v) is 6.51. The van der Waals surface area contributed by atoms with Crippen LogP contribution in [-0.2, 0) is 4.43 Å². The van der Waals surface area contributed by atoms with E-state index in [0.717, 1.165) is 32.1 Å². The molecule has 0 aliphatic carbocycles. The normalized spacial score (nSPS) is 18.8. The van der Waals surface area contributed by atoms with E-state index in [1.165, 1.54) is 5.19 Å². The van der Waals surface area contributed by atoms with E-state index in [0.29, 0.717) is 0 Å². The summed E-state index contributed by atoms with van der Waals surface area (Å²) in [6.45, 7) is 10.6. The Balaban J connectivity index is 3.16. The van der Waals surface area contributed by atoms with E-state index in [4.69, 9.17) is 4.43 Å². The van der Waals surface area contributed by atoms with E-state index in [-0.39, 0.29) is 6.10 Å². The predicted octanol–water partition coefficient (Wildman–Crippen LogP) is 4.15. The van der Waals surface area contributed by atoms with Gasteiger partial charge >= 0.3 is 0 Å². The average molecular weight is 309 g/mol. The van der Waals surface area contributed by atoms with Crippen LogP contribution in [0.3, 0.4) is 0 Å². The summed E-state index contributed by atoms with van der Waals surface area (Å²) < 4.78 is 6.62. The van der Waals surface area contributed by atoms with E-state index in [2.05, 4.69) is 39.5 Å². The minimum atomic E-state index is -2.44. The molecule has 0 radical (unpaired) electrons. The topological polar surface area (TPSA) is 29.5 Å². The Labute approximate surface area is 131 Å². The molecule has 0 spiro atoms. The maximum Gasteiger partial charge on any atom is 0.252 e. The van der Waals surface area contributed by atoms with Crippen LogP contribution in [0.15, 0.2) is 30.3 Å². The van der Waals surface area contributed by atoms with Crippen LogP contribution in [0, 0.1) is 0 Å². The molecule has 1 aromatic carbocycles. The number of benzene rings is 1. The van der Waals surface area contributed by atoms with Gasteiger partial charge in [0, 0.05) is 6.10 Å². The molecular weight excluding hydrogens is 276 g/mol. The van der Waals surface area contributed by atoms with Crippen molar-refractivity contribution >= 4 is 13.5 Å². The predicted molar refractivity (Wildman–Crippen MR) is 93.3 cm³/mol. The SMILES string of the molecule is CCCC(CC)O[Si](C)(c1ccccc1)C(C)(O)CCC.